The van der Waals surface area contributed by atoms with Crippen LogP contribution in [0.1, 0.15) is 23.6 Å². The van der Waals surface area contributed by atoms with Crippen LogP contribution in [0.15, 0.2) is 60.7 Å². The van der Waals surface area contributed by atoms with E-state index < -0.39 is 23.5 Å². The number of nitrogens with zero attached hydrogens (tertiary/aromatic N) is 1. The first-order chi connectivity index (χ1) is 16.9. The Hall–Kier alpha value is -3.78. The molecule has 0 bridgehead atoms. The Bertz CT molecular complexity index is 1160. The molecule has 2 aromatic rings. The molecule has 8 heteroatoms. The minimum absolute atomic E-state index is 0.0650. The highest BCUT2D eigenvalue weighted by Gasteiger charge is 2.44. The topological polar surface area (TPSA) is 92.6 Å². The summed E-state index contributed by atoms with van der Waals surface area (Å²) in [4.78, 5) is 29.0. The summed E-state index contributed by atoms with van der Waals surface area (Å²) >= 11 is 0. The summed E-state index contributed by atoms with van der Waals surface area (Å²) in [5.41, 5.74) is 0.850. The van der Waals surface area contributed by atoms with Gasteiger partial charge in [0, 0.05) is 18.5 Å². The largest absolute Gasteiger partial charge is 0.872 e. The molecular formula is C27H30N2O6. The van der Waals surface area contributed by atoms with Crippen LogP contribution in [-0.4, -0.2) is 63.6 Å². The monoisotopic (exact) mass is 478 g/mol. The van der Waals surface area contributed by atoms with Crippen molar-refractivity contribution in [3.63, 3.8) is 0 Å². The van der Waals surface area contributed by atoms with Gasteiger partial charge >= 0.3 is 0 Å². The molecule has 1 atom stereocenters. The van der Waals surface area contributed by atoms with E-state index in [9.17, 15) is 14.7 Å². The smallest absolute Gasteiger partial charge is 0.295 e. The molecule has 2 aliphatic heterocycles. The van der Waals surface area contributed by atoms with Crippen molar-refractivity contribution in [1.82, 2.24) is 4.90 Å². The predicted molar refractivity (Wildman–Crippen MR) is 128 cm³/mol. The Morgan fingerprint density at radius 3 is 2.69 bits per heavy atom. The van der Waals surface area contributed by atoms with Crippen molar-refractivity contribution in [2.45, 2.75) is 12.5 Å². The Kier molecular flexibility index (Phi) is 7.41. The summed E-state index contributed by atoms with van der Waals surface area (Å²) in [6.45, 7) is 5.96. The van der Waals surface area contributed by atoms with E-state index in [0.717, 1.165) is 6.54 Å². The third kappa shape index (κ3) is 5.17. The highest BCUT2D eigenvalue weighted by Crippen LogP contribution is 2.41. The van der Waals surface area contributed by atoms with Gasteiger partial charge in [0.05, 0.1) is 26.7 Å². The molecule has 0 radical (unpaired) electrons. The first kappa shape index (κ1) is 24.3. The van der Waals surface area contributed by atoms with Gasteiger partial charge in [0.1, 0.15) is 25.6 Å². The van der Waals surface area contributed by atoms with Crippen molar-refractivity contribution in [3.8, 4) is 17.2 Å². The number of carbonyl (C=O) groups excluding carboxylic acids is 2. The van der Waals surface area contributed by atoms with Crippen LogP contribution in [0, 0.1) is 0 Å². The lowest BCUT2D eigenvalue weighted by atomic mass is 9.95. The molecule has 1 unspecified atom stereocenters. The van der Waals surface area contributed by atoms with Crippen molar-refractivity contribution in [3.05, 3.63) is 71.8 Å². The maximum Gasteiger partial charge on any atom is 0.295 e. The molecule has 1 amide bonds. The summed E-state index contributed by atoms with van der Waals surface area (Å²) in [5.74, 6) is -0.377. The second-order valence-electron chi connectivity index (χ2n) is 8.81. The number of amides is 1. The fourth-order valence-electron chi connectivity index (χ4n) is 4.32. The van der Waals surface area contributed by atoms with Crippen LogP contribution in [0.4, 0.5) is 0 Å². The van der Waals surface area contributed by atoms with Crippen LogP contribution in [0.3, 0.4) is 0 Å². The zero-order valence-electron chi connectivity index (χ0n) is 20.0. The molecule has 0 aromatic heterocycles. The molecule has 2 heterocycles. The predicted octanol–water partition coefficient (Wildman–Crippen LogP) is 0.781. The molecule has 4 rings (SSSR count). The number of benzene rings is 2. The van der Waals surface area contributed by atoms with Crippen LogP contribution in [0.25, 0.3) is 5.76 Å². The van der Waals surface area contributed by atoms with Crippen LogP contribution in [-0.2, 0) is 9.59 Å². The van der Waals surface area contributed by atoms with E-state index in [1.165, 1.54) is 9.80 Å². The molecule has 1 fully saturated rings. The number of rotatable bonds is 9. The molecule has 184 valence electrons. The maximum atomic E-state index is 13.7. The summed E-state index contributed by atoms with van der Waals surface area (Å²) < 4.78 is 16.8. The number of carbonyl (C=O) groups is 2. The van der Waals surface area contributed by atoms with Crippen LogP contribution >= 0.6 is 0 Å². The number of hydrogen-bond acceptors (Lipinski definition) is 6. The van der Waals surface area contributed by atoms with Gasteiger partial charge in [-0.1, -0.05) is 36.6 Å². The zero-order chi connectivity index (χ0) is 24.9. The molecule has 8 nitrogen and oxygen atoms in total. The van der Waals surface area contributed by atoms with E-state index in [2.05, 4.69) is 6.58 Å². The van der Waals surface area contributed by atoms with E-state index in [4.69, 9.17) is 14.2 Å². The normalized spacial score (nSPS) is 18.7. The maximum absolute atomic E-state index is 13.7. The number of ketones is 1. The zero-order valence-corrected chi connectivity index (χ0v) is 20.0. The van der Waals surface area contributed by atoms with E-state index in [1.54, 1.807) is 48.5 Å². The first-order valence-corrected chi connectivity index (χ1v) is 11.7. The van der Waals surface area contributed by atoms with Crippen LogP contribution < -0.4 is 24.2 Å². The quantitative estimate of drug-likeness (QED) is 0.248. The van der Waals surface area contributed by atoms with Gasteiger partial charge in [-0.15, -0.1) is 0 Å². The summed E-state index contributed by atoms with van der Waals surface area (Å²) in [6.07, 6.45) is 2.32. The third-order valence-corrected chi connectivity index (χ3v) is 5.95. The average Bonchev–Trinajstić information content (AvgIpc) is 3.11. The Labute approximate surface area is 205 Å². The van der Waals surface area contributed by atoms with Crippen LogP contribution in [0.5, 0.6) is 17.2 Å². The number of hydrogen-bond donors (Lipinski definition) is 1. The second-order valence-corrected chi connectivity index (χ2v) is 8.81. The van der Waals surface area contributed by atoms with Crippen molar-refractivity contribution in [2.75, 3.05) is 47.0 Å². The molecule has 0 saturated carbocycles. The fourth-order valence-corrected chi connectivity index (χ4v) is 4.32. The number of fused-ring (bicyclic) bond motifs is 1. The van der Waals surface area contributed by atoms with Gasteiger partial charge in [-0.2, -0.15) is 0 Å². The fraction of sp³-hybridized carbons (Fsp3) is 0.333. The first-order valence-electron chi connectivity index (χ1n) is 11.7. The van der Waals surface area contributed by atoms with Crippen LogP contribution in [0.2, 0.25) is 0 Å². The van der Waals surface area contributed by atoms with Gasteiger partial charge in [-0.25, -0.2) is 0 Å². The highest BCUT2D eigenvalue weighted by atomic mass is 16.6. The van der Waals surface area contributed by atoms with E-state index in [1.807, 2.05) is 14.1 Å². The van der Waals surface area contributed by atoms with Gasteiger partial charge in [-0.05, 0) is 35.4 Å². The minimum Gasteiger partial charge on any atom is -0.872 e. The molecule has 2 aliphatic rings. The van der Waals surface area contributed by atoms with E-state index >= 15 is 0 Å². The van der Waals surface area contributed by atoms with Gasteiger partial charge in [-0.3, -0.25) is 9.59 Å². The molecule has 1 saturated heterocycles. The molecular weight excluding hydrogens is 448 g/mol. The van der Waals surface area contributed by atoms with Gasteiger partial charge in [0.2, 0.25) is 5.78 Å². The second kappa shape index (κ2) is 10.7. The Morgan fingerprint density at radius 2 is 1.94 bits per heavy atom. The standard InChI is InChI=1S/C27H30N2O6/c1-4-13-33-20-8-5-7-18(16-20)24-23(26(31)27(32)29(24)12-6-11-28(2)3)25(30)19-9-10-21-22(17-19)35-15-14-34-21/h4-5,7-10,16-17,24,30H,1,6,11-15H2,2-3H3/b25-23+. The number of nitrogens with one attached hydrogen (secondary N) is 1. The number of ether oxygens (including phenoxy) is 3. The highest BCUT2D eigenvalue weighted by molar-refractivity contribution is 6.46. The molecule has 0 aliphatic carbocycles. The average molecular weight is 479 g/mol. The molecule has 35 heavy (non-hydrogen) atoms. The van der Waals surface area contributed by atoms with E-state index in [-0.39, 0.29) is 11.1 Å². The lowest BCUT2D eigenvalue weighted by molar-refractivity contribution is -0.858. The van der Waals surface area contributed by atoms with Gasteiger partial charge in [0.15, 0.2) is 11.5 Å². The summed E-state index contributed by atoms with van der Waals surface area (Å²) in [7, 11) is 4.05. The van der Waals surface area contributed by atoms with Gasteiger partial charge in [0.25, 0.3) is 5.91 Å². The van der Waals surface area contributed by atoms with E-state index in [0.29, 0.717) is 55.6 Å². The molecule has 2 aromatic carbocycles. The van der Waals surface area contributed by atoms with Gasteiger partial charge < -0.3 is 29.1 Å². The Morgan fingerprint density at radius 1 is 1.17 bits per heavy atom. The third-order valence-electron chi connectivity index (χ3n) is 5.95. The Balaban J connectivity index is 1.78. The molecule has 0 spiro atoms. The van der Waals surface area contributed by atoms with Crippen molar-refractivity contribution in [1.29, 1.82) is 0 Å². The SMILES string of the molecule is C=CCOc1cccc(C2/C(=C(\[O-])c3ccc4c(c3)OCCO4)C(=O)C(=O)N2CCC[NH+](C)C)c1. The van der Waals surface area contributed by atoms with Crippen molar-refractivity contribution < 1.29 is 33.8 Å². The number of Topliss-reactive ketones (excluding diaryl/α,β-unsaturated/α-hetero) is 1. The number of likely N-dealkylation sites (tertiary alicyclic amines) is 1. The lowest BCUT2D eigenvalue weighted by Gasteiger charge is -2.28. The number of quaternary nitrogens is 1. The van der Waals surface area contributed by atoms with Crippen molar-refractivity contribution in [2.24, 2.45) is 0 Å². The summed E-state index contributed by atoms with van der Waals surface area (Å²) in [5, 5.41) is 13.7. The minimum atomic E-state index is -0.805. The summed E-state index contributed by atoms with van der Waals surface area (Å²) in [6, 6.07) is 11.2. The molecule has 1 N–H and O–H groups in total. The van der Waals surface area contributed by atoms with Crippen molar-refractivity contribution >= 4 is 17.4 Å². The lowest BCUT2D eigenvalue weighted by Crippen LogP contribution is -3.05.